The molecule has 178 valence electrons. The third-order valence-electron chi connectivity index (χ3n) is 5.95. The average Bonchev–Trinajstić information content (AvgIpc) is 3.30. The van der Waals surface area contributed by atoms with Gasteiger partial charge >= 0.3 is 0 Å². The van der Waals surface area contributed by atoms with Crippen molar-refractivity contribution in [1.82, 2.24) is 4.41 Å². The summed E-state index contributed by atoms with van der Waals surface area (Å²) in [6.07, 6.45) is 0.412. The van der Waals surface area contributed by atoms with E-state index >= 15 is 0 Å². The third kappa shape index (κ3) is 4.46. The molecule has 0 saturated heterocycles. The van der Waals surface area contributed by atoms with Gasteiger partial charge in [-0.25, -0.2) is 0 Å². The molecular formula is C26H29N3O4S. The van der Waals surface area contributed by atoms with Crippen molar-refractivity contribution >= 4 is 21.4 Å². The number of methoxy groups -OCH3 is 2. The van der Waals surface area contributed by atoms with E-state index in [1.807, 2.05) is 56.3 Å². The zero-order chi connectivity index (χ0) is 24.5. The highest BCUT2D eigenvalue weighted by molar-refractivity contribution is 7.89. The molecule has 0 fully saturated rings. The number of hydrogen-bond acceptors (Lipinski definition) is 6. The molecular weight excluding hydrogens is 450 g/mol. The summed E-state index contributed by atoms with van der Waals surface area (Å²) in [4.78, 5) is 2.21. The van der Waals surface area contributed by atoms with Crippen molar-refractivity contribution in [3.8, 4) is 11.5 Å². The van der Waals surface area contributed by atoms with E-state index in [0.717, 1.165) is 22.4 Å². The number of hydrogen-bond donors (Lipinski definition) is 0. The van der Waals surface area contributed by atoms with Crippen LogP contribution in [-0.4, -0.2) is 46.9 Å². The molecule has 7 nitrogen and oxygen atoms in total. The maximum atomic E-state index is 13.7. The number of sulfonamides is 1. The lowest BCUT2D eigenvalue weighted by molar-refractivity contribution is 0.347. The fraction of sp³-hybridized carbons (Fsp3) is 0.269. The van der Waals surface area contributed by atoms with Gasteiger partial charge in [0.1, 0.15) is 11.5 Å². The summed E-state index contributed by atoms with van der Waals surface area (Å²) in [5.41, 5.74) is 4.34. The van der Waals surface area contributed by atoms with Crippen molar-refractivity contribution in [3.05, 3.63) is 83.4 Å². The molecule has 1 atom stereocenters. The second-order valence-corrected chi connectivity index (χ2v) is 10.2. The summed E-state index contributed by atoms with van der Waals surface area (Å²) in [6.45, 7) is 1.92. The molecule has 0 saturated carbocycles. The lowest BCUT2D eigenvalue weighted by Crippen LogP contribution is -2.27. The van der Waals surface area contributed by atoms with E-state index in [1.165, 1.54) is 4.41 Å². The number of nitrogens with zero attached hydrogens (tertiary/aromatic N) is 3. The van der Waals surface area contributed by atoms with Gasteiger partial charge in [0.2, 0.25) is 0 Å². The molecule has 3 aromatic rings. The average molecular weight is 480 g/mol. The van der Waals surface area contributed by atoms with Crippen LogP contribution in [0.2, 0.25) is 0 Å². The molecule has 0 amide bonds. The fourth-order valence-electron chi connectivity index (χ4n) is 3.98. The molecule has 0 N–H and O–H groups in total. The van der Waals surface area contributed by atoms with Crippen molar-refractivity contribution in [2.24, 2.45) is 5.10 Å². The molecule has 8 heteroatoms. The Bertz CT molecular complexity index is 1300. The van der Waals surface area contributed by atoms with E-state index in [2.05, 4.69) is 5.10 Å². The van der Waals surface area contributed by atoms with Crippen LogP contribution >= 0.6 is 0 Å². The van der Waals surface area contributed by atoms with E-state index in [4.69, 9.17) is 9.47 Å². The van der Waals surface area contributed by atoms with Crippen LogP contribution in [0.1, 0.15) is 29.2 Å². The van der Waals surface area contributed by atoms with Gasteiger partial charge < -0.3 is 14.4 Å². The first-order chi connectivity index (χ1) is 16.2. The standard InChI is InChI=1S/C26H29N3O4S/c1-18-6-13-22(14-7-18)34(30,31)29-25(23-15-12-21(32-4)16-26(23)33-5)17-24(27-29)19-8-10-20(11-9-19)28(2)3/h6-16,25H,17H2,1-5H3. The van der Waals surface area contributed by atoms with Crippen LogP contribution in [0.4, 0.5) is 5.69 Å². The molecule has 4 rings (SSSR count). The Morgan fingerprint density at radius 3 is 2.21 bits per heavy atom. The van der Waals surface area contributed by atoms with Crippen LogP contribution in [0.5, 0.6) is 11.5 Å². The highest BCUT2D eigenvalue weighted by Crippen LogP contribution is 2.42. The van der Waals surface area contributed by atoms with Crippen LogP contribution in [-0.2, 0) is 10.0 Å². The van der Waals surface area contributed by atoms with Gasteiger partial charge in [0.15, 0.2) is 0 Å². The van der Waals surface area contributed by atoms with Gasteiger partial charge in [0.25, 0.3) is 10.0 Å². The van der Waals surface area contributed by atoms with Gasteiger partial charge in [-0.2, -0.15) is 17.9 Å². The van der Waals surface area contributed by atoms with Crippen LogP contribution < -0.4 is 14.4 Å². The zero-order valence-electron chi connectivity index (χ0n) is 20.0. The largest absolute Gasteiger partial charge is 0.497 e. The summed E-state index contributed by atoms with van der Waals surface area (Å²) in [6, 6.07) is 19.6. The van der Waals surface area contributed by atoms with Gasteiger partial charge in [-0.15, -0.1) is 0 Å². The first-order valence-electron chi connectivity index (χ1n) is 10.9. The summed E-state index contributed by atoms with van der Waals surface area (Å²) in [7, 11) is 3.19. The predicted octanol–water partition coefficient (Wildman–Crippen LogP) is 4.62. The lowest BCUT2D eigenvalue weighted by atomic mass is 9.98. The third-order valence-corrected chi connectivity index (χ3v) is 7.65. The lowest BCUT2D eigenvalue weighted by Gasteiger charge is -2.25. The molecule has 0 aromatic heterocycles. The van der Waals surface area contributed by atoms with Crippen LogP contribution in [0.15, 0.2) is 76.7 Å². The summed E-state index contributed by atoms with van der Waals surface area (Å²) in [5.74, 6) is 1.18. The number of benzene rings is 3. The summed E-state index contributed by atoms with van der Waals surface area (Å²) < 4.78 is 39.6. The molecule has 1 unspecified atom stereocenters. The van der Waals surface area contributed by atoms with Crippen LogP contribution in [0.25, 0.3) is 0 Å². The molecule has 34 heavy (non-hydrogen) atoms. The minimum Gasteiger partial charge on any atom is -0.497 e. The molecule has 1 aliphatic rings. The summed E-state index contributed by atoms with van der Waals surface area (Å²) >= 11 is 0. The minimum absolute atomic E-state index is 0.198. The maximum absolute atomic E-state index is 13.7. The van der Waals surface area contributed by atoms with E-state index in [0.29, 0.717) is 23.6 Å². The zero-order valence-corrected chi connectivity index (χ0v) is 20.8. The normalized spacial score (nSPS) is 15.7. The SMILES string of the molecule is COc1ccc(C2CC(c3ccc(N(C)C)cc3)=NN2S(=O)(=O)c2ccc(C)cc2)c(OC)c1. The molecule has 0 aliphatic carbocycles. The molecule has 0 spiro atoms. The van der Waals surface area contributed by atoms with E-state index in [9.17, 15) is 8.42 Å². The van der Waals surface area contributed by atoms with Crippen molar-refractivity contribution in [2.45, 2.75) is 24.3 Å². The Kier molecular flexibility index (Phi) is 6.52. The minimum atomic E-state index is -3.91. The Morgan fingerprint density at radius 1 is 0.941 bits per heavy atom. The number of rotatable bonds is 7. The van der Waals surface area contributed by atoms with Crippen LogP contribution in [0, 0.1) is 6.92 Å². The van der Waals surface area contributed by atoms with Crippen molar-refractivity contribution < 1.29 is 17.9 Å². The highest BCUT2D eigenvalue weighted by Gasteiger charge is 2.39. The molecule has 0 radical (unpaired) electrons. The molecule has 0 bridgehead atoms. The van der Waals surface area contributed by atoms with Gasteiger partial charge in [0, 0.05) is 37.8 Å². The monoisotopic (exact) mass is 479 g/mol. The number of ether oxygens (including phenoxy) is 2. The van der Waals surface area contributed by atoms with Crippen molar-refractivity contribution in [1.29, 1.82) is 0 Å². The van der Waals surface area contributed by atoms with E-state index in [1.54, 1.807) is 50.6 Å². The highest BCUT2D eigenvalue weighted by atomic mass is 32.2. The number of hydrazone groups is 1. The van der Waals surface area contributed by atoms with Crippen LogP contribution in [0.3, 0.4) is 0 Å². The Balaban J connectivity index is 1.81. The smallest absolute Gasteiger partial charge is 0.279 e. The van der Waals surface area contributed by atoms with Gasteiger partial charge in [0.05, 0.1) is 30.9 Å². The fourth-order valence-corrected chi connectivity index (χ4v) is 5.41. The van der Waals surface area contributed by atoms with E-state index < -0.39 is 16.1 Å². The Labute approximate surface area is 201 Å². The van der Waals surface area contributed by atoms with Crippen molar-refractivity contribution in [3.63, 3.8) is 0 Å². The Morgan fingerprint density at radius 2 is 1.62 bits per heavy atom. The van der Waals surface area contributed by atoms with Gasteiger partial charge in [-0.05, 0) is 48.9 Å². The quantitative estimate of drug-likeness (QED) is 0.495. The molecule has 3 aromatic carbocycles. The number of anilines is 1. The Hall–Kier alpha value is -3.52. The van der Waals surface area contributed by atoms with Crippen molar-refractivity contribution in [2.75, 3.05) is 33.2 Å². The first-order valence-corrected chi connectivity index (χ1v) is 12.4. The summed E-state index contributed by atoms with van der Waals surface area (Å²) in [5, 5.41) is 4.64. The second kappa shape index (κ2) is 9.38. The van der Waals surface area contributed by atoms with Gasteiger partial charge in [-0.3, -0.25) is 0 Å². The first kappa shape index (κ1) is 23.6. The molecule has 1 aliphatic heterocycles. The second-order valence-electron chi connectivity index (χ2n) is 8.41. The van der Waals surface area contributed by atoms with E-state index in [-0.39, 0.29) is 4.90 Å². The topological polar surface area (TPSA) is 71.4 Å². The van der Waals surface area contributed by atoms with Gasteiger partial charge in [-0.1, -0.05) is 29.8 Å². The molecule has 1 heterocycles. The maximum Gasteiger partial charge on any atom is 0.279 e. The predicted molar refractivity (Wildman–Crippen MR) is 134 cm³/mol. The number of aryl methyl sites for hydroxylation is 1.